The van der Waals surface area contributed by atoms with Crippen molar-refractivity contribution in [1.82, 2.24) is 9.80 Å². The van der Waals surface area contributed by atoms with Crippen LogP contribution in [0.5, 0.6) is 5.75 Å². The van der Waals surface area contributed by atoms with Crippen LogP contribution >= 0.6 is 0 Å². The summed E-state index contributed by atoms with van der Waals surface area (Å²) in [4.78, 5) is 16.8. The fraction of sp³-hybridized carbons (Fsp3) is 0.381. The van der Waals surface area contributed by atoms with Crippen LogP contribution in [-0.2, 0) is 21.2 Å². The molecule has 0 unspecified atom stereocenters. The molecule has 0 aliphatic carbocycles. The van der Waals surface area contributed by atoms with E-state index >= 15 is 0 Å². The molecule has 2 aromatic carbocycles. The SMILES string of the molecule is NS(=O)(=O)c1ccc(CCC(=O)N2CCN(CCOc3ccccc3)CC2)cc1. The van der Waals surface area contributed by atoms with Gasteiger partial charge in [0.15, 0.2) is 0 Å². The number of nitrogens with two attached hydrogens (primary N) is 1. The highest BCUT2D eigenvalue weighted by Crippen LogP contribution is 2.12. The number of amides is 1. The van der Waals surface area contributed by atoms with E-state index in [1.807, 2.05) is 35.2 Å². The van der Waals surface area contributed by atoms with Gasteiger partial charge in [0.1, 0.15) is 12.4 Å². The second-order valence-electron chi connectivity index (χ2n) is 7.07. The number of rotatable bonds is 8. The molecule has 1 saturated heterocycles. The predicted octanol–water partition coefficient (Wildman–Crippen LogP) is 1.49. The predicted molar refractivity (Wildman–Crippen MR) is 111 cm³/mol. The first-order chi connectivity index (χ1) is 13.9. The van der Waals surface area contributed by atoms with Crippen LogP contribution in [0.3, 0.4) is 0 Å². The lowest BCUT2D eigenvalue weighted by Crippen LogP contribution is -2.49. The van der Waals surface area contributed by atoms with Crippen LogP contribution in [-0.4, -0.2) is 63.5 Å². The van der Waals surface area contributed by atoms with Crippen LogP contribution in [0.4, 0.5) is 0 Å². The minimum absolute atomic E-state index is 0.0833. The summed E-state index contributed by atoms with van der Waals surface area (Å²) in [5, 5.41) is 5.10. The smallest absolute Gasteiger partial charge is 0.238 e. The maximum absolute atomic E-state index is 12.5. The number of hydrogen-bond donors (Lipinski definition) is 1. The van der Waals surface area contributed by atoms with Crippen molar-refractivity contribution in [2.24, 2.45) is 5.14 Å². The van der Waals surface area contributed by atoms with E-state index in [-0.39, 0.29) is 10.8 Å². The number of carbonyl (C=O) groups is 1. The molecule has 156 valence electrons. The van der Waals surface area contributed by atoms with Gasteiger partial charge in [-0.2, -0.15) is 0 Å². The van der Waals surface area contributed by atoms with Gasteiger partial charge < -0.3 is 9.64 Å². The summed E-state index contributed by atoms with van der Waals surface area (Å²) in [5.41, 5.74) is 0.919. The van der Waals surface area contributed by atoms with Gasteiger partial charge in [-0.1, -0.05) is 30.3 Å². The van der Waals surface area contributed by atoms with Crippen LogP contribution in [0.2, 0.25) is 0 Å². The van der Waals surface area contributed by atoms with Gasteiger partial charge in [-0.25, -0.2) is 13.6 Å². The van der Waals surface area contributed by atoms with E-state index in [9.17, 15) is 13.2 Å². The summed E-state index contributed by atoms with van der Waals surface area (Å²) >= 11 is 0. The Labute approximate surface area is 172 Å². The second-order valence-corrected chi connectivity index (χ2v) is 8.63. The van der Waals surface area contributed by atoms with Crippen LogP contribution in [0, 0.1) is 0 Å². The second kappa shape index (κ2) is 9.87. The zero-order chi connectivity index (χ0) is 20.7. The molecule has 0 bridgehead atoms. The minimum atomic E-state index is -3.68. The highest BCUT2D eigenvalue weighted by Gasteiger charge is 2.20. The van der Waals surface area contributed by atoms with Crippen molar-refractivity contribution >= 4 is 15.9 Å². The third-order valence-electron chi connectivity index (χ3n) is 5.02. The number of primary sulfonamides is 1. The Balaban J connectivity index is 1.36. The molecule has 8 heteroatoms. The molecule has 2 aromatic rings. The topological polar surface area (TPSA) is 92.9 Å². The Morgan fingerprint density at radius 1 is 0.966 bits per heavy atom. The molecular weight excluding hydrogens is 390 g/mol. The molecule has 1 aliphatic heterocycles. The van der Waals surface area contributed by atoms with Crippen molar-refractivity contribution in [3.8, 4) is 5.75 Å². The molecule has 0 radical (unpaired) electrons. The van der Waals surface area contributed by atoms with E-state index in [0.29, 0.717) is 32.5 Å². The molecule has 3 rings (SSSR count). The highest BCUT2D eigenvalue weighted by molar-refractivity contribution is 7.89. The number of hydrogen-bond acceptors (Lipinski definition) is 5. The molecule has 0 spiro atoms. The summed E-state index contributed by atoms with van der Waals surface area (Å²) in [6.45, 7) is 4.59. The summed E-state index contributed by atoms with van der Waals surface area (Å²) in [7, 11) is -3.68. The fourth-order valence-electron chi connectivity index (χ4n) is 3.29. The first-order valence-electron chi connectivity index (χ1n) is 9.71. The average molecular weight is 418 g/mol. The van der Waals surface area contributed by atoms with E-state index in [2.05, 4.69) is 4.90 Å². The number of benzene rings is 2. The van der Waals surface area contributed by atoms with Gasteiger partial charge in [0, 0.05) is 39.1 Å². The lowest BCUT2D eigenvalue weighted by molar-refractivity contribution is -0.132. The van der Waals surface area contributed by atoms with Crippen LogP contribution in [0.15, 0.2) is 59.5 Å². The summed E-state index contributed by atoms with van der Waals surface area (Å²) < 4.78 is 28.3. The standard InChI is InChI=1S/C21H27N3O4S/c22-29(26,27)20-9-6-18(7-10-20)8-11-21(25)24-14-12-23(13-15-24)16-17-28-19-4-2-1-3-5-19/h1-7,9-10H,8,11-17H2,(H2,22,26,27). The van der Waals surface area contributed by atoms with E-state index in [4.69, 9.17) is 9.88 Å². The highest BCUT2D eigenvalue weighted by atomic mass is 32.2. The number of para-hydroxylation sites is 1. The lowest BCUT2D eigenvalue weighted by Gasteiger charge is -2.34. The quantitative estimate of drug-likeness (QED) is 0.702. The number of sulfonamides is 1. The van der Waals surface area contributed by atoms with Gasteiger partial charge in [-0.05, 0) is 36.2 Å². The summed E-state index contributed by atoms with van der Waals surface area (Å²) in [6, 6.07) is 16.1. The normalized spacial score (nSPS) is 15.3. The van der Waals surface area contributed by atoms with E-state index in [1.54, 1.807) is 12.1 Å². The number of nitrogens with zero attached hydrogens (tertiary/aromatic N) is 2. The Bertz CT molecular complexity index is 893. The van der Waals surface area contributed by atoms with Crippen molar-refractivity contribution in [2.45, 2.75) is 17.7 Å². The Morgan fingerprint density at radius 3 is 2.24 bits per heavy atom. The molecular formula is C21H27N3O4S. The van der Waals surface area contributed by atoms with Crippen LogP contribution < -0.4 is 9.88 Å². The summed E-state index contributed by atoms with van der Waals surface area (Å²) in [5.74, 6) is 0.999. The van der Waals surface area contributed by atoms with Gasteiger partial charge in [-0.3, -0.25) is 9.69 Å². The third kappa shape index (κ3) is 6.56. The van der Waals surface area contributed by atoms with Gasteiger partial charge >= 0.3 is 0 Å². The number of aryl methyl sites for hydroxylation is 1. The molecule has 2 N–H and O–H groups in total. The van der Waals surface area contributed by atoms with Crippen molar-refractivity contribution in [2.75, 3.05) is 39.3 Å². The van der Waals surface area contributed by atoms with Gasteiger partial charge in [0.05, 0.1) is 4.90 Å². The number of carbonyl (C=O) groups excluding carboxylic acids is 1. The molecule has 1 amide bonds. The minimum Gasteiger partial charge on any atom is -0.492 e. The largest absolute Gasteiger partial charge is 0.492 e. The fourth-order valence-corrected chi connectivity index (χ4v) is 3.80. The molecule has 29 heavy (non-hydrogen) atoms. The van der Waals surface area contributed by atoms with Crippen LogP contribution in [0.1, 0.15) is 12.0 Å². The third-order valence-corrected chi connectivity index (χ3v) is 5.95. The number of ether oxygens (including phenoxy) is 1. The lowest BCUT2D eigenvalue weighted by atomic mass is 10.1. The Kier molecular flexibility index (Phi) is 7.24. The van der Waals surface area contributed by atoms with Gasteiger partial charge in [0.25, 0.3) is 0 Å². The molecule has 0 aromatic heterocycles. The van der Waals surface area contributed by atoms with Crippen molar-refractivity contribution in [3.05, 3.63) is 60.2 Å². The van der Waals surface area contributed by atoms with Gasteiger partial charge in [-0.15, -0.1) is 0 Å². The van der Waals surface area contributed by atoms with Gasteiger partial charge in [0.2, 0.25) is 15.9 Å². The maximum atomic E-state index is 12.5. The maximum Gasteiger partial charge on any atom is 0.238 e. The molecule has 7 nitrogen and oxygen atoms in total. The summed E-state index contributed by atoms with van der Waals surface area (Å²) in [6.07, 6.45) is 0.987. The van der Waals surface area contributed by atoms with E-state index in [1.165, 1.54) is 12.1 Å². The number of piperazine rings is 1. The molecule has 1 heterocycles. The first kappa shape index (κ1) is 21.3. The first-order valence-corrected chi connectivity index (χ1v) is 11.3. The van der Waals surface area contributed by atoms with Crippen LogP contribution in [0.25, 0.3) is 0 Å². The Hall–Kier alpha value is -2.42. The average Bonchev–Trinajstić information content (AvgIpc) is 2.73. The molecule has 1 fully saturated rings. The Morgan fingerprint density at radius 2 is 1.62 bits per heavy atom. The van der Waals surface area contributed by atoms with Crippen molar-refractivity contribution < 1.29 is 17.9 Å². The zero-order valence-electron chi connectivity index (χ0n) is 16.4. The van der Waals surface area contributed by atoms with Crippen molar-refractivity contribution in [3.63, 3.8) is 0 Å². The van der Waals surface area contributed by atoms with Crippen molar-refractivity contribution in [1.29, 1.82) is 0 Å². The zero-order valence-corrected chi connectivity index (χ0v) is 17.2. The molecule has 0 saturated carbocycles. The monoisotopic (exact) mass is 417 g/mol. The molecule has 0 atom stereocenters. The van der Waals surface area contributed by atoms with E-state index < -0.39 is 10.0 Å². The van der Waals surface area contributed by atoms with E-state index in [0.717, 1.165) is 30.9 Å². The molecule has 1 aliphatic rings.